The van der Waals surface area contributed by atoms with Gasteiger partial charge < -0.3 is 5.11 Å². The molecule has 1 N–H and O–H groups in total. The standard InChI is InChI=1S/C7H7BrFNO/c1-4-5(9)2-10-6(3-11)7(4)8/h2,11H,3H2,1H3. The molecule has 0 aliphatic heterocycles. The van der Waals surface area contributed by atoms with Crippen LogP contribution in [0.2, 0.25) is 0 Å². The summed E-state index contributed by atoms with van der Waals surface area (Å²) in [5.74, 6) is -0.367. The molecule has 0 saturated carbocycles. The third-order valence-electron chi connectivity index (χ3n) is 1.42. The van der Waals surface area contributed by atoms with Gasteiger partial charge in [0.05, 0.1) is 18.5 Å². The van der Waals surface area contributed by atoms with Crippen LogP contribution in [0.3, 0.4) is 0 Å². The van der Waals surface area contributed by atoms with E-state index in [0.717, 1.165) is 6.20 Å². The molecule has 0 aliphatic carbocycles. The monoisotopic (exact) mass is 219 g/mol. The van der Waals surface area contributed by atoms with Gasteiger partial charge in [0.1, 0.15) is 5.82 Å². The van der Waals surface area contributed by atoms with E-state index in [1.54, 1.807) is 6.92 Å². The van der Waals surface area contributed by atoms with Crippen LogP contribution in [0.4, 0.5) is 4.39 Å². The summed E-state index contributed by atoms with van der Waals surface area (Å²) in [5.41, 5.74) is 0.938. The van der Waals surface area contributed by atoms with E-state index in [1.165, 1.54) is 0 Å². The SMILES string of the molecule is Cc1c(F)cnc(CO)c1Br. The molecule has 0 unspecified atom stereocenters. The van der Waals surface area contributed by atoms with Gasteiger partial charge in [-0.3, -0.25) is 4.98 Å². The summed E-state index contributed by atoms with van der Waals surface area (Å²) in [4.78, 5) is 3.69. The Bertz CT molecular complexity index is 277. The van der Waals surface area contributed by atoms with E-state index in [9.17, 15) is 4.39 Å². The van der Waals surface area contributed by atoms with Crippen molar-refractivity contribution in [2.45, 2.75) is 13.5 Å². The topological polar surface area (TPSA) is 33.1 Å². The first kappa shape index (κ1) is 8.62. The minimum absolute atomic E-state index is 0.179. The number of pyridine rings is 1. The van der Waals surface area contributed by atoms with Gasteiger partial charge in [0.2, 0.25) is 0 Å². The highest BCUT2D eigenvalue weighted by Crippen LogP contribution is 2.21. The second-order valence-electron chi connectivity index (χ2n) is 2.15. The molecule has 0 fully saturated rings. The fraction of sp³-hybridized carbons (Fsp3) is 0.286. The summed E-state index contributed by atoms with van der Waals surface area (Å²) in [5, 5.41) is 8.72. The summed E-state index contributed by atoms with van der Waals surface area (Å²) in [6.07, 6.45) is 1.10. The van der Waals surface area contributed by atoms with E-state index in [2.05, 4.69) is 20.9 Å². The Kier molecular flexibility index (Phi) is 2.57. The molecule has 2 nitrogen and oxygen atoms in total. The van der Waals surface area contributed by atoms with Gasteiger partial charge in [0.25, 0.3) is 0 Å². The lowest BCUT2D eigenvalue weighted by molar-refractivity contribution is 0.275. The van der Waals surface area contributed by atoms with Crippen molar-refractivity contribution in [1.29, 1.82) is 0 Å². The number of hydrogen-bond acceptors (Lipinski definition) is 2. The first-order valence-electron chi connectivity index (χ1n) is 3.07. The van der Waals surface area contributed by atoms with Crippen molar-refractivity contribution in [1.82, 2.24) is 4.98 Å². The van der Waals surface area contributed by atoms with Crippen LogP contribution in [0.5, 0.6) is 0 Å². The Labute approximate surface area is 72.2 Å². The number of aromatic nitrogens is 1. The first-order chi connectivity index (χ1) is 5.16. The zero-order chi connectivity index (χ0) is 8.43. The molecule has 60 valence electrons. The summed E-state index contributed by atoms with van der Waals surface area (Å²) < 4.78 is 13.3. The lowest BCUT2D eigenvalue weighted by Gasteiger charge is -2.02. The number of aliphatic hydroxyl groups excluding tert-OH is 1. The van der Waals surface area contributed by atoms with Crippen LogP contribution in [-0.4, -0.2) is 10.1 Å². The zero-order valence-electron chi connectivity index (χ0n) is 5.93. The molecule has 0 aromatic carbocycles. The van der Waals surface area contributed by atoms with Crippen LogP contribution < -0.4 is 0 Å². The van der Waals surface area contributed by atoms with E-state index >= 15 is 0 Å². The van der Waals surface area contributed by atoms with Crippen LogP contribution >= 0.6 is 15.9 Å². The maximum Gasteiger partial charge on any atom is 0.145 e. The Hall–Kier alpha value is -0.480. The Morgan fingerprint density at radius 1 is 1.73 bits per heavy atom. The van der Waals surface area contributed by atoms with Gasteiger partial charge in [-0.15, -0.1) is 0 Å². The highest BCUT2D eigenvalue weighted by atomic mass is 79.9. The van der Waals surface area contributed by atoms with Gasteiger partial charge >= 0.3 is 0 Å². The van der Waals surface area contributed by atoms with E-state index in [-0.39, 0.29) is 12.4 Å². The van der Waals surface area contributed by atoms with E-state index in [0.29, 0.717) is 15.7 Å². The van der Waals surface area contributed by atoms with Crippen molar-refractivity contribution in [3.05, 3.63) is 27.7 Å². The second-order valence-corrected chi connectivity index (χ2v) is 2.94. The Balaban J connectivity index is 3.25. The molecule has 4 heteroatoms. The van der Waals surface area contributed by atoms with Crippen molar-refractivity contribution >= 4 is 15.9 Å². The summed E-state index contributed by atoms with van der Waals surface area (Å²) in [6.45, 7) is 1.45. The van der Waals surface area contributed by atoms with Gasteiger partial charge in [-0.25, -0.2) is 4.39 Å². The van der Waals surface area contributed by atoms with Gasteiger partial charge in [-0.05, 0) is 22.9 Å². The predicted molar refractivity (Wildman–Crippen MR) is 42.6 cm³/mol. The lowest BCUT2D eigenvalue weighted by atomic mass is 10.2. The predicted octanol–water partition coefficient (Wildman–Crippen LogP) is 1.78. The molecule has 0 saturated heterocycles. The van der Waals surface area contributed by atoms with E-state index in [1.807, 2.05) is 0 Å². The van der Waals surface area contributed by atoms with Crippen molar-refractivity contribution in [3.63, 3.8) is 0 Å². The fourth-order valence-corrected chi connectivity index (χ4v) is 1.14. The zero-order valence-corrected chi connectivity index (χ0v) is 7.52. The molecule has 11 heavy (non-hydrogen) atoms. The van der Waals surface area contributed by atoms with Gasteiger partial charge in [-0.2, -0.15) is 0 Å². The van der Waals surface area contributed by atoms with Crippen LogP contribution in [-0.2, 0) is 6.61 Å². The molecule has 0 bridgehead atoms. The maximum absolute atomic E-state index is 12.7. The third kappa shape index (κ3) is 1.57. The summed E-state index contributed by atoms with van der Waals surface area (Å²) in [7, 11) is 0. The molecule has 1 aromatic heterocycles. The second kappa shape index (κ2) is 3.28. The molecule has 0 spiro atoms. The smallest absolute Gasteiger partial charge is 0.145 e. The summed E-state index contributed by atoms with van der Waals surface area (Å²) >= 11 is 3.13. The minimum Gasteiger partial charge on any atom is -0.390 e. The van der Waals surface area contributed by atoms with Crippen LogP contribution in [0.1, 0.15) is 11.3 Å². The molecule has 1 rings (SSSR count). The number of hydrogen-bond donors (Lipinski definition) is 1. The molecule has 1 heterocycles. The number of nitrogens with zero attached hydrogens (tertiary/aromatic N) is 1. The lowest BCUT2D eigenvalue weighted by Crippen LogP contribution is -1.95. The molecule has 0 radical (unpaired) electrons. The first-order valence-corrected chi connectivity index (χ1v) is 3.86. The fourth-order valence-electron chi connectivity index (χ4n) is 0.720. The number of aliphatic hydroxyl groups is 1. The molecular weight excluding hydrogens is 213 g/mol. The van der Waals surface area contributed by atoms with Crippen molar-refractivity contribution in [2.24, 2.45) is 0 Å². The molecular formula is C7H7BrFNO. The van der Waals surface area contributed by atoms with Crippen molar-refractivity contribution in [3.8, 4) is 0 Å². The minimum atomic E-state index is -0.367. The van der Waals surface area contributed by atoms with Crippen LogP contribution in [0, 0.1) is 12.7 Å². The number of halogens is 2. The molecule has 0 amide bonds. The largest absolute Gasteiger partial charge is 0.390 e. The highest BCUT2D eigenvalue weighted by molar-refractivity contribution is 9.10. The van der Waals surface area contributed by atoms with E-state index < -0.39 is 0 Å². The quantitative estimate of drug-likeness (QED) is 0.782. The van der Waals surface area contributed by atoms with Crippen LogP contribution in [0.25, 0.3) is 0 Å². The molecule has 0 atom stereocenters. The number of rotatable bonds is 1. The van der Waals surface area contributed by atoms with Crippen molar-refractivity contribution < 1.29 is 9.50 Å². The van der Waals surface area contributed by atoms with Crippen molar-refractivity contribution in [2.75, 3.05) is 0 Å². The average Bonchev–Trinajstić information content (AvgIpc) is 2.01. The highest BCUT2D eigenvalue weighted by Gasteiger charge is 2.06. The van der Waals surface area contributed by atoms with E-state index in [4.69, 9.17) is 5.11 Å². The van der Waals surface area contributed by atoms with Gasteiger partial charge in [-0.1, -0.05) is 0 Å². The third-order valence-corrected chi connectivity index (χ3v) is 2.48. The average molecular weight is 220 g/mol. The molecule has 0 aliphatic rings. The maximum atomic E-state index is 12.7. The van der Waals surface area contributed by atoms with Gasteiger partial charge in [0.15, 0.2) is 0 Å². The normalized spacial score (nSPS) is 10.2. The molecule has 1 aromatic rings. The van der Waals surface area contributed by atoms with Crippen LogP contribution in [0.15, 0.2) is 10.7 Å². The van der Waals surface area contributed by atoms with Gasteiger partial charge in [0, 0.05) is 10.0 Å². The Morgan fingerprint density at radius 2 is 2.36 bits per heavy atom. The summed E-state index contributed by atoms with van der Waals surface area (Å²) in [6, 6.07) is 0. The Morgan fingerprint density at radius 3 is 2.91 bits per heavy atom.